The maximum absolute atomic E-state index is 12.1. The van der Waals surface area contributed by atoms with Crippen molar-refractivity contribution < 1.29 is 18.9 Å². The number of aliphatic imine (C=N–C) groups is 1. The Hall–Kier alpha value is -1.96. The second-order valence-corrected chi connectivity index (χ2v) is 4.16. The number of ether oxygens (including phenoxy) is 1. The number of imide groups is 1. The van der Waals surface area contributed by atoms with E-state index in [1.54, 1.807) is 18.7 Å². The molecular formula is C10H16N5O3+. The van der Waals surface area contributed by atoms with Gasteiger partial charge >= 0.3 is 12.0 Å². The molecule has 8 nitrogen and oxygen atoms in total. The summed E-state index contributed by atoms with van der Waals surface area (Å²) in [7, 11) is 4.59. The number of amides is 3. The molecule has 0 saturated carbocycles. The van der Waals surface area contributed by atoms with Gasteiger partial charge in [0.15, 0.2) is 0 Å². The highest BCUT2D eigenvalue weighted by atomic mass is 16.5. The molecule has 0 aromatic carbocycles. The average Bonchev–Trinajstić information content (AvgIpc) is 2.68. The van der Waals surface area contributed by atoms with Crippen LogP contribution >= 0.6 is 0 Å². The summed E-state index contributed by atoms with van der Waals surface area (Å²) in [5.41, 5.74) is 5.79. The molecule has 2 aliphatic rings. The molecule has 18 heavy (non-hydrogen) atoms. The number of amidine groups is 1. The van der Waals surface area contributed by atoms with E-state index in [0.717, 1.165) is 4.90 Å². The fourth-order valence-electron chi connectivity index (χ4n) is 2.05. The van der Waals surface area contributed by atoms with Crippen LogP contribution in [0.15, 0.2) is 4.99 Å². The molecule has 1 unspecified atom stereocenters. The van der Waals surface area contributed by atoms with Crippen molar-refractivity contribution in [2.75, 3.05) is 34.4 Å². The number of carbonyl (C=O) groups is 2. The van der Waals surface area contributed by atoms with E-state index in [0.29, 0.717) is 19.0 Å². The Labute approximate surface area is 104 Å². The Balaban J connectivity index is 2.33. The van der Waals surface area contributed by atoms with Crippen molar-refractivity contribution in [2.24, 2.45) is 10.7 Å². The Kier molecular flexibility index (Phi) is 3.04. The van der Waals surface area contributed by atoms with E-state index in [2.05, 4.69) is 4.99 Å². The van der Waals surface area contributed by atoms with Gasteiger partial charge in [0.25, 0.3) is 5.91 Å². The monoisotopic (exact) mass is 254 g/mol. The van der Waals surface area contributed by atoms with Gasteiger partial charge in [0.05, 0.1) is 13.2 Å². The van der Waals surface area contributed by atoms with Crippen molar-refractivity contribution in [1.29, 1.82) is 0 Å². The number of carbonyl (C=O) groups excluding carboxylic acids is 2. The Bertz CT molecular complexity index is 470. The van der Waals surface area contributed by atoms with Gasteiger partial charge in [-0.2, -0.15) is 0 Å². The smallest absolute Gasteiger partial charge is 0.381 e. The maximum Gasteiger partial charge on any atom is 0.387 e. The highest BCUT2D eigenvalue weighted by molar-refractivity contribution is 6.22. The molecule has 2 heterocycles. The first kappa shape index (κ1) is 12.5. The van der Waals surface area contributed by atoms with Crippen LogP contribution in [0.2, 0.25) is 0 Å². The van der Waals surface area contributed by atoms with Crippen molar-refractivity contribution >= 4 is 23.7 Å². The zero-order valence-corrected chi connectivity index (χ0v) is 10.6. The molecule has 2 rings (SSSR count). The predicted octanol–water partition coefficient (Wildman–Crippen LogP) is -1.74. The molecule has 3 amide bonds. The lowest BCUT2D eigenvalue weighted by molar-refractivity contribution is -0.538. The van der Waals surface area contributed by atoms with Crippen molar-refractivity contribution in [3.63, 3.8) is 0 Å². The first-order valence-electron chi connectivity index (χ1n) is 5.51. The summed E-state index contributed by atoms with van der Waals surface area (Å²) in [5.74, 6) is 0.278. The van der Waals surface area contributed by atoms with Crippen LogP contribution in [0.4, 0.5) is 4.79 Å². The minimum Gasteiger partial charge on any atom is -0.381 e. The fourth-order valence-corrected chi connectivity index (χ4v) is 2.05. The van der Waals surface area contributed by atoms with E-state index >= 15 is 0 Å². The third-order valence-electron chi connectivity index (χ3n) is 3.10. The van der Waals surface area contributed by atoms with Crippen LogP contribution in [-0.4, -0.2) is 78.5 Å². The number of hydrogen-bond acceptors (Lipinski definition) is 5. The first-order valence-corrected chi connectivity index (χ1v) is 5.51. The summed E-state index contributed by atoms with van der Waals surface area (Å²) >= 11 is 0. The summed E-state index contributed by atoms with van der Waals surface area (Å²) < 4.78 is 6.61. The molecule has 0 aromatic heterocycles. The molecule has 0 aromatic rings. The van der Waals surface area contributed by atoms with Crippen LogP contribution in [0.3, 0.4) is 0 Å². The van der Waals surface area contributed by atoms with E-state index in [-0.39, 0.29) is 11.9 Å². The zero-order valence-electron chi connectivity index (χ0n) is 10.6. The second-order valence-electron chi connectivity index (χ2n) is 4.16. The molecular weight excluding hydrogens is 238 g/mol. The molecule has 0 spiro atoms. The summed E-state index contributed by atoms with van der Waals surface area (Å²) in [4.78, 5) is 30.4. The van der Waals surface area contributed by atoms with E-state index in [4.69, 9.17) is 10.5 Å². The quantitative estimate of drug-likeness (QED) is 0.605. The highest BCUT2D eigenvalue weighted by Crippen LogP contribution is 2.17. The van der Waals surface area contributed by atoms with Gasteiger partial charge in [0, 0.05) is 21.2 Å². The molecule has 0 radical (unpaired) electrons. The number of rotatable bonds is 3. The van der Waals surface area contributed by atoms with Crippen LogP contribution < -0.4 is 5.73 Å². The normalized spacial score (nSPS) is 23.7. The lowest BCUT2D eigenvalue weighted by atomic mass is 10.1. The number of methoxy groups -OCH3 is 1. The van der Waals surface area contributed by atoms with Gasteiger partial charge in [0.1, 0.15) is 0 Å². The third kappa shape index (κ3) is 1.65. The van der Waals surface area contributed by atoms with E-state index < -0.39 is 12.1 Å². The molecule has 98 valence electrons. The number of hydrogen-bond donors (Lipinski definition) is 1. The van der Waals surface area contributed by atoms with Crippen LogP contribution in [0.1, 0.15) is 0 Å². The Morgan fingerprint density at radius 1 is 1.39 bits per heavy atom. The SMILES string of the molecule is COCC[N+]1=C(N)N=C2C1C(=O)N(C)C(=O)N2C. The minimum atomic E-state index is -0.632. The number of nitrogens with zero attached hydrogens (tertiary/aromatic N) is 4. The van der Waals surface area contributed by atoms with Crippen LogP contribution in [0.25, 0.3) is 0 Å². The lowest BCUT2D eigenvalue weighted by Crippen LogP contribution is -2.61. The van der Waals surface area contributed by atoms with Gasteiger partial charge in [-0.1, -0.05) is 4.99 Å². The van der Waals surface area contributed by atoms with Crippen molar-refractivity contribution in [3.05, 3.63) is 0 Å². The molecule has 2 N–H and O–H groups in total. The van der Waals surface area contributed by atoms with Crippen molar-refractivity contribution in [3.8, 4) is 0 Å². The van der Waals surface area contributed by atoms with Crippen LogP contribution in [0.5, 0.6) is 0 Å². The number of guanidine groups is 1. The third-order valence-corrected chi connectivity index (χ3v) is 3.10. The summed E-state index contributed by atoms with van der Waals surface area (Å²) in [6.45, 7) is 0.871. The highest BCUT2D eigenvalue weighted by Gasteiger charge is 2.50. The number of likely N-dealkylation sites (N-methyl/N-ethyl adjacent to an activating group) is 2. The molecule has 1 saturated heterocycles. The van der Waals surface area contributed by atoms with Gasteiger partial charge in [-0.05, 0) is 0 Å². The number of fused-ring (bicyclic) bond motifs is 1. The predicted molar refractivity (Wildman–Crippen MR) is 63.3 cm³/mol. The molecule has 8 heteroatoms. The molecule has 1 atom stereocenters. The van der Waals surface area contributed by atoms with Gasteiger partial charge in [-0.25, -0.2) is 9.37 Å². The van der Waals surface area contributed by atoms with E-state index in [1.165, 1.54) is 11.9 Å². The fraction of sp³-hybridized carbons (Fsp3) is 0.600. The van der Waals surface area contributed by atoms with Crippen LogP contribution in [0, 0.1) is 0 Å². The van der Waals surface area contributed by atoms with Crippen LogP contribution in [-0.2, 0) is 9.53 Å². The molecule has 0 aliphatic carbocycles. The van der Waals surface area contributed by atoms with Gasteiger partial charge < -0.3 is 4.74 Å². The van der Waals surface area contributed by atoms with E-state index in [1.807, 2.05) is 0 Å². The van der Waals surface area contributed by atoms with Crippen molar-refractivity contribution in [2.45, 2.75) is 6.04 Å². The lowest BCUT2D eigenvalue weighted by Gasteiger charge is -2.31. The standard InChI is InChI=1S/C10H15N5O3/c1-13-7-6(8(16)14(2)10(13)17)15(4-5-18-3)9(11)12-7/h6,11H,4-5H2,1-3H3/p+1. The molecule has 0 bridgehead atoms. The van der Waals surface area contributed by atoms with Gasteiger partial charge in [-0.15, -0.1) is 0 Å². The largest absolute Gasteiger partial charge is 0.387 e. The Morgan fingerprint density at radius 3 is 2.67 bits per heavy atom. The number of urea groups is 1. The molecule has 1 fully saturated rings. The minimum absolute atomic E-state index is 0.232. The second kappa shape index (κ2) is 4.37. The number of nitrogens with two attached hydrogens (primary N) is 1. The zero-order chi connectivity index (χ0) is 13.4. The van der Waals surface area contributed by atoms with Crippen molar-refractivity contribution in [1.82, 2.24) is 9.80 Å². The average molecular weight is 254 g/mol. The molecule has 2 aliphatic heterocycles. The summed E-state index contributed by atoms with van der Waals surface area (Å²) in [6.07, 6.45) is 0. The van der Waals surface area contributed by atoms with E-state index in [9.17, 15) is 9.59 Å². The van der Waals surface area contributed by atoms with Gasteiger partial charge in [-0.3, -0.25) is 20.3 Å². The summed E-state index contributed by atoms with van der Waals surface area (Å²) in [6, 6.07) is -1.04. The Morgan fingerprint density at radius 2 is 2.06 bits per heavy atom. The topological polar surface area (TPSA) is 91.2 Å². The van der Waals surface area contributed by atoms with Gasteiger partial charge in [0.2, 0.25) is 11.9 Å². The maximum atomic E-state index is 12.1. The first-order chi connectivity index (χ1) is 8.49. The summed E-state index contributed by atoms with van der Waals surface area (Å²) in [5, 5.41) is 0.